The molecule has 1 unspecified atom stereocenters. The maximum Gasteiger partial charge on any atom is 0.397 e. The molecule has 0 bridgehead atoms. The van der Waals surface area contributed by atoms with Crippen LogP contribution >= 0.6 is 0 Å². The lowest BCUT2D eigenvalue weighted by Gasteiger charge is -2.30. The molecule has 9 nitrogen and oxygen atoms in total. The first-order chi connectivity index (χ1) is 13.3. The zero-order chi connectivity index (χ0) is 20.7. The molecule has 0 aliphatic carbocycles. The molecule has 0 aromatic heterocycles. The number of carbonyl (C=O) groups is 4. The summed E-state index contributed by atoms with van der Waals surface area (Å²) >= 11 is 0. The third-order valence-electron chi connectivity index (χ3n) is 3.72. The van der Waals surface area contributed by atoms with Crippen molar-refractivity contribution in [1.82, 2.24) is 0 Å². The number of aliphatic carboxylic acids is 1. The number of rotatable bonds is 8. The lowest BCUT2D eigenvalue weighted by atomic mass is 9.87. The highest BCUT2D eigenvalue weighted by atomic mass is 17.2. The van der Waals surface area contributed by atoms with Crippen LogP contribution in [0.5, 0.6) is 0 Å². The van der Waals surface area contributed by atoms with E-state index in [1.807, 2.05) is 0 Å². The van der Waals surface area contributed by atoms with Crippen molar-refractivity contribution in [3.63, 3.8) is 0 Å². The van der Waals surface area contributed by atoms with Gasteiger partial charge < -0.3 is 14.9 Å². The number of aliphatic hydroxyl groups is 1. The highest BCUT2D eigenvalue weighted by Crippen LogP contribution is 2.27. The second-order valence-corrected chi connectivity index (χ2v) is 5.46. The monoisotopic (exact) mass is 388 g/mol. The van der Waals surface area contributed by atoms with Crippen LogP contribution in [-0.4, -0.2) is 52.7 Å². The summed E-state index contributed by atoms with van der Waals surface area (Å²) in [6.07, 6.45) is -2.77. The van der Waals surface area contributed by atoms with Gasteiger partial charge in [-0.15, -0.1) is 0 Å². The Kier molecular flexibility index (Phi) is 6.59. The van der Waals surface area contributed by atoms with Gasteiger partial charge in [0.2, 0.25) is 11.9 Å². The third-order valence-corrected chi connectivity index (χ3v) is 3.72. The lowest BCUT2D eigenvalue weighted by molar-refractivity contribution is -0.270. The average Bonchev–Trinajstić information content (AvgIpc) is 2.72. The Morgan fingerprint density at radius 2 is 1.39 bits per heavy atom. The zero-order valence-corrected chi connectivity index (χ0v) is 14.6. The Bertz CT molecular complexity index is 863. The van der Waals surface area contributed by atoms with Crippen LogP contribution in [0.3, 0.4) is 0 Å². The van der Waals surface area contributed by atoms with Crippen molar-refractivity contribution >= 4 is 23.7 Å². The van der Waals surface area contributed by atoms with Crippen molar-refractivity contribution in [3.8, 4) is 0 Å². The number of ketones is 1. The molecule has 0 saturated carbocycles. The summed E-state index contributed by atoms with van der Waals surface area (Å²) in [5.74, 6) is -6.21. The van der Waals surface area contributed by atoms with Crippen molar-refractivity contribution in [3.05, 3.63) is 71.8 Å². The van der Waals surface area contributed by atoms with Gasteiger partial charge in [-0.3, -0.25) is 9.68 Å². The van der Waals surface area contributed by atoms with E-state index in [1.165, 1.54) is 48.5 Å². The minimum absolute atomic E-state index is 0.0875. The quantitative estimate of drug-likeness (QED) is 0.223. The van der Waals surface area contributed by atoms with Gasteiger partial charge in [0.1, 0.15) is 0 Å². The SMILES string of the molecule is COOC(=O)[C@](OC(=O)c1ccccc1)(C(=O)c1ccccc1)C(O)C(=O)O. The fourth-order valence-electron chi connectivity index (χ4n) is 2.37. The Morgan fingerprint density at radius 3 is 1.86 bits per heavy atom. The van der Waals surface area contributed by atoms with Crippen LogP contribution in [0, 0.1) is 0 Å². The molecule has 2 aromatic carbocycles. The molecule has 2 N–H and O–H groups in total. The number of hydrogen-bond donors (Lipinski definition) is 2. The van der Waals surface area contributed by atoms with Crippen LogP contribution in [0.25, 0.3) is 0 Å². The molecule has 0 amide bonds. The standard InChI is InChI=1S/C19H16O9/c1-26-28-18(25)19(15(21)16(22)23,14(20)12-8-4-2-5-9-12)27-17(24)13-10-6-3-7-11-13/h2-11,15,21H,1H3,(H,22,23)/t15?,19-/m0/s1. The number of benzene rings is 2. The first-order valence-corrected chi connectivity index (χ1v) is 7.88. The van der Waals surface area contributed by atoms with Crippen LogP contribution in [0.1, 0.15) is 20.7 Å². The Labute approximate surface area is 159 Å². The van der Waals surface area contributed by atoms with Gasteiger partial charge in [0.05, 0.1) is 12.7 Å². The summed E-state index contributed by atoms with van der Waals surface area (Å²) in [4.78, 5) is 58.0. The first kappa shape index (κ1) is 20.7. The van der Waals surface area contributed by atoms with Crippen LogP contribution < -0.4 is 0 Å². The molecule has 2 atom stereocenters. The number of aliphatic hydroxyl groups excluding tert-OH is 1. The van der Waals surface area contributed by atoms with E-state index in [9.17, 15) is 29.4 Å². The van der Waals surface area contributed by atoms with Gasteiger partial charge in [0, 0.05) is 5.56 Å². The molecule has 0 heterocycles. The lowest BCUT2D eigenvalue weighted by Crippen LogP contribution is -2.62. The molecular weight excluding hydrogens is 372 g/mol. The average molecular weight is 388 g/mol. The molecule has 9 heteroatoms. The minimum Gasteiger partial charge on any atom is -0.479 e. The van der Waals surface area contributed by atoms with Crippen molar-refractivity contribution in [2.24, 2.45) is 0 Å². The third kappa shape index (κ3) is 4.05. The summed E-state index contributed by atoms with van der Waals surface area (Å²) in [5, 5.41) is 19.5. The fraction of sp³-hybridized carbons (Fsp3) is 0.158. The molecular formula is C19H16O9. The van der Waals surface area contributed by atoms with Gasteiger partial charge in [-0.05, 0) is 12.1 Å². The van der Waals surface area contributed by atoms with E-state index in [2.05, 4.69) is 9.78 Å². The minimum atomic E-state index is -3.24. The summed E-state index contributed by atoms with van der Waals surface area (Å²) in [7, 11) is 0.918. The van der Waals surface area contributed by atoms with Gasteiger partial charge in [0.25, 0.3) is 0 Å². The maximum atomic E-state index is 13.0. The predicted octanol–water partition coefficient (Wildman–Crippen LogP) is 1.02. The number of ether oxygens (including phenoxy) is 1. The van der Waals surface area contributed by atoms with E-state index < -0.39 is 35.4 Å². The molecule has 0 spiro atoms. The predicted molar refractivity (Wildman–Crippen MR) is 92.1 cm³/mol. The summed E-state index contributed by atoms with van der Waals surface area (Å²) in [6, 6.07) is 14.1. The van der Waals surface area contributed by atoms with Crippen molar-refractivity contribution in [2.45, 2.75) is 11.7 Å². The summed E-state index contributed by atoms with van der Waals surface area (Å²) in [5.41, 5.74) is -3.52. The van der Waals surface area contributed by atoms with Crippen LogP contribution in [-0.2, 0) is 24.1 Å². The number of esters is 1. The van der Waals surface area contributed by atoms with E-state index in [4.69, 9.17) is 4.74 Å². The van der Waals surface area contributed by atoms with Gasteiger partial charge in [-0.2, -0.15) is 4.89 Å². The van der Waals surface area contributed by atoms with E-state index in [1.54, 1.807) is 12.1 Å². The largest absolute Gasteiger partial charge is 0.479 e. The number of carboxylic acids is 1. The molecule has 0 fully saturated rings. The molecule has 0 radical (unpaired) electrons. The van der Waals surface area contributed by atoms with Crippen LogP contribution in [0.4, 0.5) is 0 Å². The highest BCUT2D eigenvalue weighted by Gasteiger charge is 2.61. The van der Waals surface area contributed by atoms with Crippen molar-refractivity contribution < 1.29 is 43.9 Å². The fourth-order valence-corrected chi connectivity index (χ4v) is 2.37. The smallest absolute Gasteiger partial charge is 0.397 e. The van der Waals surface area contributed by atoms with E-state index in [-0.39, 0.29) is 11.1 Å². The van der Waals surface area contributed by atoms with Crippen LogP contribution in [0.15, 0.2) is 60.7 Å². The molecule has 28 heavy (non-hydrogen) atoms. The first-order valence-electron chi connectivity index (χ1n) is 7.88. The van der Waals surface area contributed by atoms with Gasteiger partial charge in [-0.1, -0.05) is 48.5 Å². The van der Waals surface area contributed by atoms with Crippen LogP contribution in [0.2, 0.25) is 0 Å². The molecule has 2 aromatic rings. The normalized spacial score (nSPS) is 13.6. The van der Waals surface area contributed by atoms with Crippen molar-refractivity contribution in [2.75, 3.05) is 7.11 Å². The Morgan fingerprint density at radius 1 is 0.893 bits per heavy atom. The van der Waals surface area contributed by atoms with Gasteiger partial charge in [0.15, 0.2) is 0 Å². The number of hydrogen-bond acceptors (Lipinski definition) is 8. The second-order valence-electron chi connectivity index (χ2n) is 5.46. The maximum absolute atomic E-state index is 13.0. The molecule has 0 aliphatic rings. The summed E-state index contributed by atoms with van der Waals surface area (Å²) in [6.45, 7) is 0. The Hall–Kier alpha value is -3.56. The number of Topliss-reactive ketones (excluding diaryl/α,β-unsaturated/α-hetero) is 1. The van der Waals surface area contributed by atoms with Gasteiger partial charge >= 0.3 is 23.5 Å². The number of carbonyl (C=O) groups excluding carboxylic acids is 3. The molecule has 0 aliphatic heterocycles. The highest BCUT2D eigenvalue weighted by molar-refractivity contribution is 6.19. The molecule has 2 rings (SSSR count). The zero-order valence-electron chi connectivity index (χ0n) is 14.6. The van der Waals surface area contributed by atoms with E-state index >= 15 is 0 Å². The summed E-state index contributed by atoms with van der Waals surface area (Å²) < 4.78 is 5.00. The molecule has 146 valence electrons. The van der Waals surface area contributed by atoms with Gasteiger partial charge in [-0.25, -0.2) is 14.4 Å². The Balaban J connectivity index is 2.62. The van der Waals surface area contributed by atoms with E-state index in [0.29, 0.717) is 0 Å². The second kappa shape index (κ2) is 8.89. The van der Waals surface area contributed by atoms with Crippen molar-refractivity contribution in [1.29, 1.82) is 0 Å². The van der Waals surface area contributed by atoms with E-state index in [0.717, 1.165) is 7.11 Å². The molecule has 0 saturated heterocycles. The topological polar surface area (TPSA) is 136 Å². The number of carboxylic acid groups (broad SMARTS) is 1.